The summed E-state index contributed by atoms with van der Waals surface area (Å²) >= 11 is 0. The highest BCUT2D eigenvalue weighted by Gasteiger charge is 2.33. The molecule has 2 amide bonds. The van der Waals surface area contributed by atoms with Gasteiger partial charge in [-0.15, -0.1) is 0 Å². The number of likely N-dealkylation sites (tertiary alicyclic amines) is 1. The Bertz CT molecular complexity index is 1400. The number of nitrogens with zero attached hydrogens (tertiary/aromatic N) is 6. The zero-order valence-corrected chi connectivity index (χ0v) is 23.1. The fourth-order valence-corrected chi connectivity index (χ4v) is 4.99. The molecule has 1 saturated heterocycles. The molecule has 11 nitrogen and oxygen atoms in total. The average Bonchev–Trinajstić information content (AvgIpc) is 3.60. The minimum absolute atomic E-state index is 0.0408. The van der Waals surface area contributed by atoms with E-state index in [0.717, 1.165) is 19.5 Å². The van der Waals surface area contributed by atoms with Crippen LogP contribution in [0.25, 0.3) is 22.3 Å². The topological polar surface area (TPSA) is 122 Å². The molecule has 2 unspecified atom stereocenters. The van der Waals surface area contributed by atoms with Crippen LogP contribution in [0.2, 0.25) is 0 Å². The molecule has 4 heterocycles. The Balaban J connectivity index is 1.23. The molecule has 0 spiro atoms. The first-order valence-corrected chi connectivity index (χ1v) is 13.3. The van der Waals surface area contributed by atoms with E-state index in [4.69, 9.17) is 4.84 Å². The number of aromatic nitrogens is 4. The van der Waals surface area contributed by atoms with Gasteiger partial charge in [-0.3, -0.25) is 5.32 Å². The lowest BCUT2D eigenvalue weighted by Crippen LogP contribution is -2.36. The van der Waals surface area contributed by atoms with Crippen molar-refractivity contribution in [1.29, 1.82) is 0 Å². The predicted molar refractivity (Wildman–Crippen MR) is 149 cm³/mol. The van der Waals surface area contributed by atoms with Crippen molar-refractivity contribution in [3.8, 4) is 11.3 Å². The van der Waals surface area contributed by atoms with Gasteiger partial charge in [-0.25, -0.2) is 18.9 Å². The highest BCUT2D eigenvalue weighted by Crippen LogP contribution is 2.30. The molecule has 3 N–H and O–H groups in total. The number of hydrogen-bond donors (Lipinski definition) is 3. The van der Waals surface area contributed by atoms with Crippen molar-refractivity contribution >= 4 is 34.5 Å². The van der Waals surface area contributed by atoms with Crippen LogP contribution >= 0.6 is 0 Å². The molecular formula is C27H36FN9O2. The van der Waals surface area contributed by atoms with Crippen molar-refractivity contribution in [2.45, 2.75) is 58.6 Å². The molecule has 2 atom stereocenters. The monoisotopic (exact) mass is 537 g/mol. The zero-order chi connectivity index (χ0) is 27.7. The molecule has 2 aliphatic heterocycles. The first-order valence-electron chi connectivity index (χ1n) is 13.3. The molecule has 5 rings (SSSR count). The number of aryl methyl sites for hydroxylation is 1. The second-order valence-corrected chi connectivity index (χ2v) is 11.4. The number of benzene rings is 1. The zero-order valence-electron chi connectivity index (χ0n) is 23.1. The summed E-state index contributed by atoms with van der Waals surface area (Å²) < 4.78 is 16.7. The highest BCUT2D eigenvalue weighted by atomic mass is 19.1. The van der Waals surface area contributed by atoms with Crippen LogP contribution in [-0.2, 0) is 11.9 Å². The van der Waals surface area contributed by atoms with Gasteiger partial charge in [-0.05, 0) is 45.0 Å². The number of fused-ring (bicyclic) bond motifs is 1. The SMILES string of the molecule is CN1CCCC1CCNc1ncc2c(-c3ccc(NC(=O)NC4=NOC(C(C)(C)C)C4)c(F)c3)nn(C)c2n1. The number of carbonyl (C=O) groups is 1. The second-order valence-electron chi connectivity index (χ2n) is 11.4. The maximum atomic E-state index is 15.0. The van der Waals surface area contributed by atoms with Crippen molar-refractivity contribution in [2.24, 2.45) is 17.6 Å². The molecule has 12 heteroatoms. The summed E-state index contributed by atoms with van der Waals surface area (Å²) in [6, 6.07) is 4.56. The van der Waals surface area contributed by atoms with Crippen molar-refractivity contribution in [3.63, 3.8) is 0 Å². The van der Waals surface area contributed by atoms with Gasteiger partial charge in [0.15, 0.2) is 11.5 Å². The average molecular weight is 538 g/mol. The summed E-state index contributed by atoms with van der Waals surface area (Å²) in [6.45, 7) is 8.05. The van der Waals surface area contributed by atoms with Crippen LogP contribution in [0.1, 0.15) is 46.5 Å². The van der Waals surface area contributed by atoms with Gasteiger partial charge in [0.05, 0.1) is 11.1 Å². The van der Waals surface area contributed by atoms with Gasteiger partial charge < -0.3 is 20.4 Å². The molecule has 0 radical (unpaired) electrons. The second kappa shape index (κ2) is 10.8. The highest BCUT2D eigenvalue weighted by molar-refractivity contribution is 6.03. The predicted octanol–water partition coefficient (Wildman–Crippen LogP) is 4.34. The third kappa shape index (κ3) is 5.95. The number of nitrogens with one attached hydrogen (secondary N) is 3. The van der Waals surface area contributed by atoms with E-state index in [1.165, 1.54) is 25.0 Å². The fourth-order valence-electron chi connectivity index (χ4n) is 4.99. The van der Waals surface area contributed by atoms with E-state index < -0.39 is 11.8 Å². The molecule has 0 saturated carbocycles. The largest absolute Gasteiger partial charge is 0.390 e. The van der Waals surface area contributed by atoms with Crippen LogP contribution in [0.3, 0.4) is 0 Å². The van der Waals surface area contributed by atoms with Gasteiger partial charge >= 0.3 is 6.03 Å². The van der Waals surface area contributed by atoms with Crippen LogP contribution in [0.4, 0.5) is 20.8 Å². The molecule has 39 heavy (non-hydrogen) atoms. The van der Waals surface area contributed by atoms with E-state index in [-0.39, 0.29) is 17.2 Å². The summed E-state index contributed by atoms with van der Waals surface area (Å²) in [4.78, 5) is 29.3. The van der Waals surface area contributed by atoms with Gasteiger partial charge in [0, 0.05) is 43.2 Å². The van der Waals surface area contributed by atoms with Crippen molar-refractivity contribution in [3.05, 3.63) is 30.2 Å². The number of anilines is 2. The number of oxime groups is 1. The first kappa shape index (κ1) is 26.8. The third-order valence-corrected chi connectivity index (χ3v) is 7.40. The fraction of sp³-hybridized carbons (Fsp3) is 0.519. The molecular weight excluding hydrogens is 501 g/mol. The van der Waals surface area contributed by atoms with E-state index in [1.807, 2.05) is 20.8 Å². The standard InChI is InChI=1S/C27H36FN9O2/c1-27(2,3)21-14-22(35-39-21)32-26(38)31-20-9-8-16(13-19(20)28)23-18-15-30-25(33-24(18)37(5)34-23)29-11-10-17-7-6-12-36(17)4/h8-9,13,15,17,21H,6-7,10-12,14H2,1-5H3,(H,29,30,33)(H2,31,32,35,38). The van der Waals surface area contributed by atoms with E-state index >= 15 is 4.39 Å². The Morgan fingerprint density at radius 2 is 2.05 bits per heavy atom. The summed E-state index contributed by atoms with van der Waals surface area (Å²) in [7, 11) is 3.97. The summed E-state index contributed by atoms with van der Waals surface area (Å²) in [5, 5.41) is 17.7. The molecule has 2 aliphatic rings. The quantitative estimate of drug-likeness (QED) is 0.428. The van der Waals surface area contributed by atoms with Crippen LogP contribution in [0.15, 0.2) is 29.6 Å². The number of urea groups is 1. The van der Waals surface area contributed by atoms with Crippen LogP contribution < -0.4 is 16.0 Å². The lowest BCUT2D eigenvalue weighted by Gasteiger charge is -2.23. The van der Waals surface area contributed by atoms with E-state index in [9.17, 15) is 4.79 Å². The smallest absolute Gasteiger partial charge is 0.324 e. The molecule has 1 fully saturated rings. The summed E-state index contributed by atoms with van der Waals surface area (Å²) in [5.41, 5.74) is 1.69. The Morgan fingerprint density at radius 3 is 2.74 bits per heavy atom. The number of hydrogen-bond acceptors (Lipinski definition) is 8. The Morgan fingerprint density at radius 1 is 1.23 bits per heavy atom. The van der Waals surface area contributed by atoms with E-state index in [1.54, 1.807) is 24.0 Å². The minimum atomic E-state index is -0.588. The van der Waals surface area contributed by atoms with Gasteiger partial charge in [-0.2, -0.15) is 10.1 Å². The van der Waals surface area contributed by atoms with Gasteiger partial charge in [-0.1, -0.05) is 32.0 Å². The van der Waals surface area contributed by atoms with Crippen molar-refractivity contribution < 1.29 is 14.0 Å². The molecule has 2 aromatic heterocycles. The maximum Gasteiger partial charge on any atom is 0.324 e. The number of carbonyl (C=O) groups excluding carboxylic acids is 1. The lowest BCUT2D eigenvalue weighted by molar-refractivity contribution is 0.00830. The number of amides is 2. The minimum Gasteiger partial charge on any atom is -0.390 e. The Kier molecular flexibility index (Phi) is 7.39. The lowest BCUT2D eigenvalue weighted by atomic mass is 9.87. The van der Waals surface area contributed by atoms with Gasteiger partial charge in [0.25, 0.3) is 0 Å². The first-order chi connectivity index (χ1) is 18.6. The summed E-state index contributed by atoms with van der Waals surface area (Å²) in [6.07, 6.45) is 5.55. The number of rotatable bonds is 6. The van der Waals surface area contributed by atoms with E-state index in [0.29, 0.717) is 46.5 Å². The van der Waals surface area contributed by atoms with E-state index in [2.05, 4.69) is 48.1 Å². The molecule has 0 aliphatic carbocycles. The molecule has 0 bridgehead atoms. The third-order valence-electron chi connectivity index (χ3n) is 7.40. The normalized spacial score (nSPS) is 19.7. The maximum absolute atomic E-state index is 15.0. The Hall–Kier alpha value is -3.80. The number of halogens is 1. The van der Waals surface area contributed by atoms with Gasteiger partial charge in [0.2, 0.25) is 5.95 Å². The summed E-state index contributed by atoms with van der Waals surface area (Å²) in [5.74, 6) is 0.361. The van der Waals surface area contributed by atoms with Crippen molar-refractivity contribution in [2.75, 3.05) is 30.8 Å². The molecule has 1 aromatic carbocycles. The molecule has 208 valence electrons. The van der Waals surface area contributed by atoms with Crippen molar-refractivity contribution in [1.82, 2.24) is 30.0 Å². The van der Waals surface area contributed by atoms with Crippen LogP contribution in [0.5, 0.6) is 0 Å². The number of amidine groups is 1. The van der Waals surface area contributed by atoms with Crippen LogP contribution in [0, 0.1) is 11.2 Å². The van der Waals surface area contributed by atoms with Gasteiger partial charge in [0.1, 0.15) is 17.6 Å². The Labute approximate surface area is 227 Å². The molecule has 3 aromatic rings. The van der Waals surface area contributed by atoms with Crippen LogP contribution in [-0.4, -0.2) is 68.8 Å².